The molecule has 0 aliphatic carbocycles. The number of rotatable bonds is 5. The van der Waals surface area contributed by atoms with E-state index in [0.717, 1.165) is 11.3 Å². The van der Waals surface area contributed by atoms with Crippen LogP contribution < -0.4 is 20.5 Å². The second kappa shape index (κ2) is 6.65. The van der Waals surface area contributed by atoms with Crippen LogP contribution >= 0.6 is 0 Å². The molecule has 0 atom stereocenters. The van der Waals surface area contributed by atoms with Gasteiger partial charge in [-0.25, -0.2) is 0 Å². The first kappa shape index (κ1) is 14.7. The molecule has 5 heteroatoms. The lowest BCUT2D eigenvalue weighted by molar-refractivity contribution is 0.0951. The fraction of sp³-hybridized carbons (Fsp3) is 0.188. The van der Waals surface area contributed by atoms with E-state index in [1.54, 1.807) is 32.4 Å². The molecule has 3 N–H and O–H groups in total. The third-order valence-electron chi connectivity index (χ3n) is 3.14. The van der Waals surface area contributed by atoms with Crippen LogP contribution in [0.5, 0.6) is 11.5 Å². The van der Waals surface area contributed by atoms with Crippen molar-refractivity contribution in [2.75, 3.05) is 20.0 Å². The summed E-state index contributed by atoms with van der Waals surface area (Å²) in [5, 5.41) is 2.83. The summed E-state index contributed by atoms with van der Waals surface area (Å²) in [5.41, 5.74) is 7.56. The Morgan fingerprint density at radius 2 is 1.90 bits per heavy atom. The van der Waals surface area contributed by atoms with E-state index in [1.807, 2.05) is 24.3 Å². The Morgan fingerprint density at radius 1 is 1.14 bits per heavy atom. The van der Waals surface area contributed by atoms with Crippen molar-refractivity contribution in [3.63, 3.8) is 0 Å². The number of carbonyl (C=O) groups is 1. The zero-order valence-corrected chi connectivity index (χ0v) is 12.1. The Labute approximate surface area is 123 Å². The van der Waals surface area contributed by atoms with Gasteiger partial charge in [-0.1, -0.05) is 18.2 Å². The van der Waals surface area contributed by atoms with E-state index < -0.39 is 0 Å². The van der Waals surface area contributed by atoms with Gasteiger partial charge in [0.05, 0.1) is 19.8 Å². The third kappa shape index (κ3) is 3.45. The summed E-state index contributed by atoms with van der Waals surface area (Å²) >= 11 is 0. The first-order valence-electron chi connectivity index (χ1n) is 6.49. The van der Waals surface area contributed by atoms with Crippen molar-refractivity contribution in [1.29, 1.82) is 0 Å². The SMILES string of the molecule is COc1ccc(C(=O)NCc2ccccc2OC)c(N)c1. The molecule has 5 nitrogen and oxygen atoms in total. The normalized spacial score (nSPS) is 10.0. The van der Waals surface area contributed by atoms with E-state index in [2.05, 4.69) is 5.32 Å². The number of hydrogen-bond donors (Lipinski definition) is 2. The Hall–Kier alpha value is -2.69. The van der Waals surface area contributed by atoms with Crippen LogP contribution in [-0.2, 0) is 6.54 Å². The number of para-hydroxylation sites is 1. The number of benzene rings is 2. The Bertz CT molecular complexity index is 641. The molecule has 0 aliphatic rings. The summed E-state index contributed by atoms with van der Waals surface area (Å²) in [6, 6.07) is 12.5. The van der Waals surface area contributed by atoms with Gasteiger partial charge in [-0.05, 0) is 18.2 Å². The van der Waals surface area contributed by atoms with E-state index in [0.29, 0.717) is 23.5 Å². The second-order valence-electron chi connectivity index (χ2n) is 4.45. The van der Waals surface area contributed by atoms with Crippen molar-refractivity contribution in [3.8, 4) is 11.5 Å². The van der Waals surface area contributed by atoms with Crippen LogP contribution in [-0.4, -0.2) is 20.1 Å². The summed E-state index contributed by atoms with van der Waals surface area (Å²) in [5.74, 6) is 1.12. The van der Waals surface area contributed by atoms with E-state index in [-0.39, 0.29) is 5.91 Å². The average Bonchev–Trinajstić information content (AvgIpc) is 2.52. The third-order valence-corrected chi connectivity index (χ3v) is 3.14. The Balaban J connectivity index is 2.08. The van der Waals surface area contributed by atoms with Gasteiger partial charge in [0.1, 0.15) is 11.5 Å². The maximum Gasteiger partial charge on any atom is 0.253 e. The fourth-order valence-electron chi connectivity index (χ4n) is 1.99. The van der Waals surface area contributed by atoms with Crippen molar-refractivity contribution >= 4 is 11.6 Å². The number of nitrogen functional groups attached to an aromatic ring is 1. The van der Waals surface area contributed by atoms with Gasteiger partial charge in [-0.15, -0.1) is 0 Å². The number of hydrogen-bond acceptors (Lipinski definition) is 4. The highest BCUT2D eigenvalue weighted by Gasteiger charge is 2.11. The predicted molar refractivity (Wildman–Crippen MR) is 81.6 cm³/mol. The maximum absolute atomic E-state index is 12.2. The predicted octanol–water partition coefficient (Wildman–Crippen LogP) is 2.22. The number of methoxy groups -OCH3 is 2. The Kier molecular flexibility index (Phi) is 4.66. The number of nitrogens with one attached hydrogen (secondary N) is 1. The minimum Gasteiger partial charge on any atom is -0.497 e. The smallest absolute Gasteiger partial charge is 0.253 e. The minimum atomic E-state index is -0.235. The van der Waals surface area contributed by atoms with Crippen molar-refractivity contribution in [2.24, 2.45) is 0 Å². The highest BCUT2D eigenvalue weighted by Crippen LogP contribution is 2.20. The molecule has 2 rings (SSSR count). The van der Waals surface area contributed by atoms with Gasteiger partial charge in [0.2, 0.25) is 0 Å². The summed E-state index contributed by atoms with van der Waals surface area (Å²) in [6.45, 7) is 0.369. The van der Waals surface area contributed by atoms with Gasteiger partial charge in [0.15, 0.2) is 0 Å². The zero-order chi connectivity index (χ0) is 15.2. The molecule has 0 aliphatic heterocycles. The lowest BCUT2D eigenvalue weighted by Crippen LogP contribution is -2.24. The van der Waals surface area contributed by atoms with E-state index >= 15 is 0 Å². The van der Waals surface area contributed by atoms with Gasteiger partial charge in [-0.3, -0.25) is 4.79 Å². The molecule has 0 saturated heterocycles. The van der Waals surface area contributed by atoms with Crippen LogP contribution in [0.4, 0.5) is 5.69 Å². The molecular weight excluding hydrogens is 268 g/mol. The summed E-state index contributed by atoms with van der Waals surface area (Å²) in [7, 11) is 3.15. The lowest BCUT2D eigenvalue weighted by atomic mass is 10.1. The van der Waals surface area contributed by atoms with Gasteiger partial charge in [0, 0.05) is 23.9 Å². The van der Waals surface area contributed by atoms with Gasteiger partial charge < -0.3 is 20.5 Å². The largest absolute Gasteiger partial charge is 0.497 e. The van der Waals surface area contributed by atoms with Crippen molar-refractivity contribution in [3.05, 3.63) is 53.6 Å². The van der Waals surface area contributed by atoms with Crippen molar-refractivity contribution < 1.29 is 14.3 Å². The molecule has 0 saturated carbocycles. The van der Waals surface area contributed by atoms with Crippen molar-refractivity contribution in [1.82, 2.24) is 5.32 Å². The van der Waals surface area contributed by atoms with E-state index in [1.165, 1.54) is 0 Å². The van der Waals surface area contributed by atoms with Crippen molar-refractivity contribution in [2.45, 2.75) is 6.54 Å². The summed E-state index contributed by atoms with van der Waals surface area (Å²) in [6.07, 6.45) is 0. The number of anilines is 1. The maximum atomic E-state index is 12.2. The second-order valence-corrected chi connectivity index (χ2v) is 4.45. The first-order valence-corrected chi connectivity index (χ1v) is 6.49. The van der Waals surface area contributed by atoms with Crippen LogP contribution in [0.15, 0.2) is 42.5 Å². The summed E-state index contributed by atoms with van der Waals surface area (Å²) < 4.78 is 10.3. The number of nitrogens with two attached hydrogens (primary N) is 1. The molecule has 21 heavy (non-hydrogen) atoms. The molecule has 2 aromatic rings. The molecule has 2 aromatic carbocycles. The molecule has 0 fully saturated rings. The zero-order valence-electron chi connectivity index (χ0n) is 12.1. The highest BCUT2D eigenvalue weighted by molar-refractivity contribution is 5.99. The minimum absolute atomic E-state index is 0.235. The number of ether oxygens (including phenoxy) is 2. The van der Waals surface area contributed by atoms with Gasteiger partial charge in [0.25, 0.3) is 5.91 Å². The van der Waals surface area contributed by atoms with Crippen LogP contribution in [0.2, 0.25) is 0 Å². The van der Waals surface area contributed by atoms with E-state index in [9.17, 15) is 4.79 Å². The summed E-state index contributed by atoms with van der Waals surface area (Å²) in [4.78, 5) is 12.2. The molecule has 0 unspecified atom stereocenters. The molecular formula is C16H18N2O3. The van der Waals surface area contributed by atoms with Crippen LogP contribution in [0, 0.1) is 0 Å². The van der Waals surface area contributed by atoms with Crippen LogP contribution in [0.3, 0.4) is 0 Å². The number of amides is 1. The van der Waals surface area contributed by atoms with E-state index in [4.69, 9.17) is 15.2 Å². The quantitative estimate of drug-likeness (QED) is 0.827. The molecule has 0 aromatic heterocycles. The topological polar surface area (TPSA) is 73.6 Å². The molecule has 1 amide bonds. The molecule has 0 radical (unpaired) electrons. The Morgan fingerprint density at radius 3 is 2.57 bits per heavy atom. The molecule has 0 spiro atoms. The fourth-order valence-corrected chi connectivity index (χ4v) is 1.99. The molecule has 0 heterocycles. The van der Waals surface area contributed by atoms with Gasteiger partial charge >= 0.3 is 0 Å². The number of carbonyl (C=O) groups excluding carboxylic acids is 1. The lowest BCUT2D eigenvalue weighted by Gasteiger charge is -2.11. The van der Waals surface area contributed by atoms with Crippen LogP contribution in [0.1, 0.15) is 15.9 Å². The van der Waals surface area contributed by atoms with Crippen LogP contribution in [0.25, 0.3) is 0 Å². The average molecular weight is 286 g/mol. The highest BCUT2D eigenvalue weighted by atomic mass is 16.5. The first-order chi connectivity index (χ1) is 10.2. The molecule has 0 bridgehead atoms. The standard InChI is InChI=1S/C16H18N2O3/c1-20-12-7-8-13(14(17)9-12)16(19)18-10-11-5-3-4-6-15(11)21-2/h3-9H,10,17H2,1-2H3,(H,18,19). The monoisotopic (exact) mass is 286 g/mol. The molecule has 110 valence electrons. The van der Waals surface area contributed by atoms with Gasteiger partial charge in [-0.2, -0.15) is 0 Å².